The molecule has 0 fully saturated rings. The Kier molecular flexibility index (Phi) is 3.62. The number of ketones is 1. The molecule has 0 unspecified atom stereocenters. The average Bonchev–Trinajstić information content (AvgIpc) is 2.62. The molecule has 1 aromatic rings. The summed E-state index contributed by atoms with van der Waals surface area (Å²) in [5, 5.41) is 3.01. The zero-order valence-electron chi connectivity index (χ0n) is 10.9. The van der Waals surface area contributed by atoms with Crippen LogP contribution in [0.25, 0.3) is 0 Å². The number of benzene rings is 1. The normalized spacial score (nSPS) is 13.5. The predicted octanol–water partition coefficient (Wildman–Crippen LogP) is 2.88. The fourth-order valence-electron chi connectivity index (χ4n) is 2.10. The fraction of sp³-hybridized carbons (Fsp3) is 0.286. The molecule has 4 nitrogen and oxygen atoms in total. The van der Waals surface area contributed by atoms with Crippen molar-refractivity contribution in [2.24, 2.45) is 0 Å². The maximum atomic E-state index is 11.6. The molecule has 1 N–H and O–H groups in total. The largest absolute Gasteiger partial charge is 0.364 e. The van der Waals surface area contributed by atoms with Gasteiger partial charge in [-0.15, -0.1) is 6.58 Å². The first-order valence-corrected chi connectivity index (χ1v) is 6.40. The van der Waals surface area contributed by atoms with Crippen molar-refractivity contribution in [2.75, 3.05) is 16.8 Å². The van der Waals surface area contributed by atoms with Crippen molar-refractivity contribution in [1.82, 2.24) is 0 Å². The Hall–Kier alpha value is -1.81. The number of hydrogen-bond donors (Lipinski definition) is 1. The van der Waals surface area contributed by atoms with E-state index in [9.17, 15) is 9.59 Å². The molecule has 0 spiro atoms. The van der Waals surface area contributed by atoms with Crippen LogP contribution in [0.2, 0.25) is 5.02 Å². The van der Waals surface area contributed by atoms with Crippen LogP contribution in [0, 0.1) is 0 Å². The number of anilines is 2. The number of nitrogens with one attached hydrogen (secondary N) is 1. The van der Waals surface area contributed by atoms with Gasteiger partial charge in [0.2, 0.25) is 0 Å². The lowest BCUT2D eigenvalue weighted by Gasteiger charge is -2.29. The minimum atomic E-state index is -0.608. The summed E-state index contributed by atoms with van der Waals surface area (Å²) in [7, 11) is 0. The molecule has 1 aliphatic rings. The number of halogens is 1. The van der Waals surface area contributed by atoms with Crippen molar-refractivity contribution < 1.29 is 9.59 Å². The van der Waals surface area contributed by atoms with Gasteiger partial charge < -0.3 is 10.2 Å². The zero-order chi connectivity index (χ0) is 14.2. The van der Waals surface area contributed by atoms with Crippen LogP contribution in [0.4, 0.5) is 11.4 Å². The van der Waals surface area contributed by atoms with Gasteiger partial charge in [-0.3, -0.25) is 9.59 Å². The highest BCUT2D eigenvalue weighted by molar-refractivity contribution is 6.52. The van der Waals surface area contributed by atoms with Gasteiger partial charge in [0.1, 0.15) is 0 Å². The Morgan fingerprint density at radius 3 is 2.68 bits per heavy atom. The summed E-state index contributed by atoms with van der Waals surface area (Å²) in [6.45, 7) is 8.44. The second kappa shape index (κ2) is 5.05. The average molecular weight is 279 g/mol. The molecular formula is C14H15ClN2O2. The highest BCUT2D eigenvalue weighted by Gasteiger charge is 2.30. The fourth-order valence-corrected chi connectivity index (χ4v) is 2.37. The van der Waals surface area contributed by atoms with Crippen molar-refractivity contribution >= 4 is 34.7 Å². The number of nitrogens with zero attached hydrogens (tertiary/aromatic N) is 1. The minimum absolute atomic E-state index is 0.223. The maximum absolute atomic E-state index is 11.6. The second-order valence-electron chi connectivity index (χ2n) is 4.67. The van der Waals surface area contributed by atoms with Crippen molar-refractivity contribution in [3.05, 3.63) is 35.4 Å². The van der Waals surface area contributed by atoms with E-state index in [1.165, 1.54) is 0 Å². The van der Waals surface area contributed by atoms with Gasteiger partial charge in [-0.2, -0.15) is 0 Å². The standard InChI is InChI=1S/C14H15ClN2O2/c1-4-5-17(8(2)3)12-7-11-9(6-10(12)15)13(18)14(19)16-11/h4,6-8H,1,5H2,2-3H3,(H,16,18,19). The number of fused-ring (bicyclic) bond motifs is 1. The lowest BCUT2D eigenvalue weighted by Crippen LogP contribution is -2.31. The Balaban J connectivity index is 2.49. The van der Waals surface area contributed by atoms with E-state index in [0.717, 1.165) is 5.69 Å². The van der Waals surface area contributed by atoms with Crippen LogP contribution in [-0.4, -0.2) is 24.3 Å². The van der Waals surface area contributed by atoms with Crippen LogP contribution in [0.3, 0.4) is 0 Å². The van der Waals surface area contributed by atoms with Gasteiger partial charge in [0.15, 0.2) is 0 Å². The molecule has 0 saturated heterocycles. The quantitative estimate of drug-likeness (QED) is 0.680. The van der Waals surface area contributed by atoms with E-state index in [1.807, 2.05) is 18.7 Å². The van der Waals surface area contributed by atoms with Crippen molar-refractivity contribution in [1.29, 1.82) is 0 Å². The van der Waals surface area contributed by atoms with E-state index < -0.39 is 11.7 Å². The van der Waals surface area contributed by atoms with Crippen LogP contribution >= 0.6 is 11.6 Å². The van der Waals surface area contributed by atoms with Gasteiger partial charge >= 0.3 is 0 Å². The van der Waals surface area contributed by atoms with Gasteiger partial charge in [0.25, 0.3) is 11.7 Å². The lowest BCUT2D eigenvalue weighted by molar-refractivity contribution is -0.112. The Morgan fingerprint density at radius 2 is 2.11 bits per heavy atom. The van der Waals surface area contributed by atoms with Gasteiger partial charge in [-0.1, -0.05) is 17.7 Å². The molecule has 2 rings (SSSR count). The number of rotatable bonds is 4. The molecule has 1 aliphatic heterocycles. The summed E-state index contributed by atoms with van der Waals surface area (Å²) in [5.74, 6) is -1.15. The third-order valence-corrected chi connectivity index (χ3v) is 3.35. The molecule has 0 aliphatic carbocycles. The SMILES string of the molecule is C=CCN(c1cc2c(cc1Cl)C(=O)C(=O)N2)C(C)C. The molecule has 19 heavy (non-hydrogen) atoms. The van der Waals surface area contributed by atoms with Crippen LogP contribution in [0.1, 0.15) is 24.2 Å². The van der Waals surface area contributed by atoms with E-state index >= 15 is 0 Å². The molecule has 0 saturated carbocycles. The molecule has 0 atom stereocenters. The van der Waals surface area contributed by atoms with Gasteiger partial charge in [0, 0.05) is 12.6 Å². The van der Waals surface area contributed by atoms with E-state index in [0.29, 0.717) is 22.8 Å². The van der Waals surface area contributed by atoms with E-state index in [4.69, 9.17) is 11.6 Å². The summed E-state index contributed by atoms with van der Waals surface area (Å²) in [4.78, 5) is 25.0. The first-order chi connectivity index (χ1) is 8.95. The van der Waals surface area contributed by atoms with Gasteiger partial charge in [-0.25, -0.2) is 0 Å². The van der Waals surface area contributed by atoms with Crippen molar-refractivity contribution in [2.45, 2.75) is 19.9 Å². The van der Waals surface area contributed by atoms with E-state index in [1.54, 1.807) is 18.2 Å². The minimum Gasteiger partial charge on any atom is -0.364 e. The molecule has 100 valence electrons. The monoisotopic (exact) mass is 278 g/mol. The molecule has 1 amide bonds. The maximum Gasteiger partial charge on any atom is 0.296 e. The molecule has 5 heteroatoms. The molecular weight excluding hydrogens is 264 g/mol. The number of Topliss-reactive ketones (excluding diaryl/α,β-unsaturated/α-hetero) is 1. The zero-order valence-corrected chi connectivity index (χ0v) is 11.6. The number of amides is 1. The predicted molar refractivity (Wildman–Crippen MR) is 77.1 cm³/mol. The number of hydrogen-bond acceptors (Lipinski definition) is 3. The molecule has 0 aromatic heterocycles. The molecule has 1 aromatic carbocycles. The van der Waals surface area contributed by atoms with Crippen LogP contribution in [0.15, 0.2) is 24.8 Å². The molecule has 0 radical (unpaired) electrons. The highest BCUT2D eigenvalue weighted by atomic mass is 35.5. The highest BCUT2D eigenvalue weighted by Crippen LogP contribution is 2.35. The topological polar surface area (TPSA) is 49.4 Å². The summed E-state index contributed by atoms with van der Waals surface area (Å²) < 4.78 is 0. The Labute approximate surface area is 117 Å². The Morgan fingerprint density at radius 1 is 1.42 bits per heavy atom. The number of carbonyl (C=O) groups excluding carboxylic acids is 2. The summed E-state index contributed by atoms with van der Waals surface area (Å²) in [6, 6.07) is 3.51. The first-order valence-electron chi connectivity index (χ1n) is 6.02. The van der Waals surface area contributed by atoms with E-state index in [2.05, 4.69) is 11.9 Å². The summed E-state index contributed by atoms with van der Waals surface area (Å²) >= 11 is 6.23. The third-order valence-electron chi connectivity index (χ3n) is 3.04. The van der Waals surface area contributed by atoms with Crippen LogP contribution in [-0.2, 0) is 4.79 Å². The summed E-state index contributed by atoms with van der Waals surface area (Å²) in [6.07, 6.45) is 1.79. The third kappa shape index (κ3) is 2.36. The van der Waals surface area contributed by atoms with Crippen LogP contribution < -0.4 is 10.2 Å². The van der Waals surface area contributed by atoms with Crippen molar-refractivity contribution in [3.63, 3.8) is 0 Å². The van der Waals surface area contributed by atoms with E-state index in [-0.39, 0.29) is 6.04 Å². The Bertz CT molecular complexity index is 567. The summed E-state index contributed by atoms with van der Waals surface area (Å²) in [5.41, 5.74) is 1.63. The van der Waals surface area contributed by atoms with Crippen LogP contribution in [0.5, 0.6) is 0 Å². The number of carbonyl (C=O) groups is 2. The second-order valence-corrected chi connectivity index (χ2v) is 5.07. The van der Waals surface area contributed by atoms with Crippen molar-refractivity contribution in [3.8, 4) is 0 Å². The van der Waals surface area contributed by atoms with Gasteiger partial charge in [-0.05, 0) is 26.0 Å². The molecule has 1 heterocycles. The van der Waals surface area contributed by atoms with Gasteiger partial charge in [0.05, 0.1) is 22.0 Å². The first kappa shape index (κ1) is 13.6. The molecule has 0 bridgehead atoms. The smallest absolute Gasteiger partial charge is 0.296 e. The lowest BCUT2D eigenvalue weighted by atomic mass is 10.1.